The third-order valence-electron chi connectivity index (χ3n) is 4.81. The van der Waals surface area contributed by atoms with Crippen LogP contribution in [0.1, 0.15) is 23.1 Å². The van der Waals surface area contributed by atoms with Crippen LogP contribution >= 0.6 is 11.8 Å². The zero-order chi connectivity index (χ0) is 18.4. The fourth-order valence-electron chi connectivity index (χ4n) is 3.51. The van der Waals surface area contributed by atoms with Crippen LogP contribution in [0, 0.1) is 0 Å². The average molecular weight is 380 g/mol. The van der Waals surface area contributed by atoms with Crippen LogP contribution in [0.15, 0.2) is 55.4 Å². The fraction of sp³-hybridized carbons (Fsp3) is 0.211. The number of benzene rings is 1. The minimum absolute atomic E-state index is 0.346. The lowest BCUT2D eigenvalue weighted by Gasteiger charge is -2.08. The SMILES string of the molecule is Nn1c(SCc2cc(=O)oc3cc4c(cc23)CCC4)nnc1-c1ccco1. The van der Waals surface area contributed by atoms with Gasteiger partial charge in [-0.1, -0.05) is 11.8 Å². The molecule has 0 radical (unpaired) electrons. The highest BCUT2D eigenvalue weighted by molar-refractivity contribution is 7.98. The van der Waals surface area contributed by atoms with Crippen LogP contribution in [0.3, 0.4) is 0 Å². The molecular formula is C19H16N4O3S. The first-order valence-electron chi connectivity index (χ1n) is 8.65. The van der Waals surface area contributed by atoms with Gasteiger partial charge in [-0.15, -0.1) is 10.2 Å². The van der Waals surface area contributed by atoms with E-state index < -0.39 is 0 Å². The van der Waals surface area contributed by atoms with Gasteiger partial charge in [0.25, 0.3) is 0 Å². The standard InChI is InChI=1S/C19H16N4O3S/c20-23-18(15-5-2-6-25-15)21-22-19(23)27-10-13-9-17(24)26-16-8-12-4-1-3-11(12)7-14(13)16/h2,5-9H,1,3-4,10,20H2. The third kappa shape index (κ3) is 2.82. The number of nitrogens with two attached hydrogens (primary N) is 1. The van der Waals surface area contributed by atoms with Crippen LogP contribution in [0.4, 0.5) is 0 Å². The van der Waals surface area contributed by atoms with E-state index in [4.69, 9.17) is 14.7 Å². The Morgan fingerprint density at radius 2 is 2.04 bits per heavy atom. The molecule has 27 heavy (non-hydrogen) atoms. The monoisotopic (exact) mass is 380 g/mol. The second-order valence-corrected chi connectivity index (χ2v) is 7.45. The zero-order valence-corrected chi connectivity index (χ0v) is 15.2. The normalized spacial score (nSPS) is 13.3. The number of aromatic nitrogens is 3. The highest BCUT2D eigenvalue weighted by Crippen LogP contribution is 2.31. The Bertz CT molecular complexity index is 1190. The van der Waals surface area contributed by atoms with E-state index in [0.29, 0.717) is 28.1 Å². The second kappa shape index (κ2) is 6.31. The van der Waals surface area contributed by atoms with Gasteiger partial charge in [-0.3, -0.25) is 0 Å². The fourth-order valence-corrected chi connectivity index (χ4v) is 4.35. The quantitative estimate of drug-likeness (QED) is 0.330. The average Bonchev–Trinajstić information content (AvgIpc) is 3.39. The second-order valence-electron chi connectivity index (χ2n) is 6.50. The molecule has 1 aromatic carbocycles. The molecule has 0 fully saturated rings. The van der Waals surface area contributed by atoms with Crippen molar-refractivity contribution in [3.05, 3.63) is 63.7 Å². The predicted octanol–water partition coefficient (Wildman–Crippen LogP) is 3.14. The molecule has 8 heteroatoms. The van der Waals surface area contributed by atoms with E-state index in [1.54, 1.807) is 24.5 Å². The van der Waals surface area contributed by atoms with Crippen molar-refractivity contribution in [1.82, 2.24) is 14.9 Å². The third-order valence-corrected chi connectivity index (χ3v) is 5.80. The number of nitrogens with zero attached hydrogens (tertiary/aromatic N) is 3. The van der Waals surface area contributed by atoms with Gasteiger partial charge in [0.2, 0.25) is 11.0 Å². The largest absolute Gasteiger partial charge is 0.461 e. The Balaban J connectivity index is 1.48. The van der Waals surface area contributed by atoms with Crippen molar-refractivity contribution in [2.24, 2.45) is 0 Å². The Labute approximate surface area is 158 Å². The number of hydrogen-bond acceptors (Lipinski definition) is 7. The van der Waals surface area contributed by atoms with Crippen molar-refractivity contribution < 1.29 is 8.83 Å². The van der Waals surface area contributed by atoms with Gasteiger partial charge >= 0.3 is 5.63 Å². The molecule has 0 spiro atoms. The summed E-state index contributed by atoms with van der Waals surface area (Å²) in [4.78, 5) is 12.0. The van der Waals surface area contributed by atoms with Crippen LogP contribution < -0.4 is 11.5 Å². The first-order chi connectivity index (χ1) is 13.2. The molecule has 1 aliphatic carbocycles. The summed E-state index contributed by atoms with van der Waals surface area (Å²) in [6.07, 6.45) is 4.82. The number of hydrogen-bond donors (Lipinski definition) is 1. The minimum Gasteiger partial charge on any atom is -0.461 e. The molecule has 5 rings (SSSR count). The van der Waals surface area contributed by atoms with E-state index in [2.05, 4.69) is 16.3 Å². The molecule has 3 heterocycles. The number of nitrogen functional groups attached to an aromatic ring is 1. The van der Waals surface area contributed by atoms with Gasteiger partial charge in [-0.05, 0) is 60.2 Å². The maximum atomic E-state index is 12.0. The summed E-state index contributed by atoms with van der Waals surface area (Å²) in [6.45, 7) is 0. The maximum absolute atomic E-state index is 12.0. The van der Waals surface area contributed by atoms with Gasteiger partial charge in [-0.25, -0.2) is 9.47 Å². The number of furan rings is 1. The van der Waals surface area contributed by atoms with Crippen LogP contribution in [0.2, 0.25) is 0 Å². The Morgan fingerprint density at radius 3 is 2.85 bits per heavy atom. The molecule has 4 aromatic rings. The van der Waals surface area contributed by atoms with E-state index in [0.717, 1.165) is 30.2 Å². The van der Waals surface area contributed by atoms with E-state index in [1.165, 1.54) is 27.6 Å². The van der Waals surface area contributed by atoms with Crippen molar-refractivity contribution in [3.63, 3.8) is 0 Å². The van der Waals surface area contributed by atoms with Crippen LogP contribution in [0.5, 0.6) is 0 Å². The van der Waals surface area contributed by atoms with Crippen molar-refractivity contribution in [3.8, 4) is 11.6 Å². The number of rotatable bonds is 4. The smallest absolute Gasteiger partial charge is 0.336 e. The molecule has 0 unspecified atom stereocenters. The summed E-state index contributed by atoms with van der Waals surface area (Å²) in [7, 11) is 0. The molecule has 136 valence electrons. The van der Waals surface area contributed by atoms with Crippen LogP contribution in [0.25, 0.3) is 22.6 Å². The Kier molecular flexibility index (Phi) is 3.78. The molecule has 0 bridgehead atoms. The van der Waals surface area contributed by atoms with Gasteiger partial charge in [0.05, 0.1) is 6.26 Å². The predicted molar refractivity (Wildman–Crippen MR) is 102 cm³/mol. The first kappa shape index (κ1) is 16.2. The minimum atomic E-state index is -0.346. The molecule has 2 N–H and O–H groups in total. The van der Waals surface area contributed by atoms with Gasteiger partial charge < -0.3 is 14.7 Å². The van der Waals surface area contributed by atoms with Crippen molar-refractivity contribution in [2.75, 3.05) is 5.84 Å². The number of aryl methyl sites for hydroxylation is 2. The highest BCUT2D eigenvalue weighted by atomic mass is 32.2. The summed E-state index contributed by atoms with van der Waals surface area (Å²) in [5, 5.41) is 9.74. The molecule has 0 saturated carbocycles. The Morgan fingerprint density at radius 1 is 1.19 bits per heavy atom. The van der Waals surface area contributed by atoms with Gasteiger partial charge in [0.15, 0.2) is 5.76 Å². The van der Waals surface area contributed by atoms with E-state index in [-0.39, 0.29) is 5.63 Å². The molecule has 0 amide bonds. The van der Waals surface area contributed by atoms with Crippen molar-refractivity contribution in [2.45, 2.75) is 30.2 Å². The molecule has 0 aliphatic heterocycles. The van der Waals surface area contributed by atoms with E-state index in [9.17, 15) is 4.79 Å². The lowest BCUT2D eigenvalue weighted by atomic mass is 10.0. The van der Waals surface area contributed by atoms with Gasteiger partial charge in [0, 0.05) is 17.2 Å². The first-order valence-corrected chi connectivity index (χ1v) is 9.63. The molecular weight excluding hydrogens is 364 g/mol. The topological polar surface area (TPSA) is 100 Å². The van der Waals surface area contributed by atoms with Crippen LogP contribution in [-0.4, -0.2) is 14.9 Å². The summed E-state index contributed by atoms with van der Waals surface area (Å²) in [6, 6.07) is 9.25. The van der Waals surface area contributed by atoms with Gasteiger partial charge in [0.1, 0.15) is 5.58 Å². The molecule has 0 saturated heterocycles. The van der Waals surface area contributed by atoms with Crippen molar-refractivity contribution >= 4 is 22.7 Å². The lowest BCUT2D eigenvalue weighted by Crippen LogP contribution is -2.11. The van der Waals surface area contributed by atoms with Gasteiger partial charge in [-0.2, -0.15) is 0 Å². The molecule has 7 nitrogen and oxygen atoms in total. The summed E-state index contributed by atoms with van der Waals surface area (Å²) in [5.41, 5.74) is 3.82. The maximum Gasteiger partial charge on any atom is 0.336 e. The van der Waals surface area contributed by atoms with Crippen LogP contribution in [-0.2, 0) is 18.6 Å². The summed E-state index contributed by atoms with van der Waals surface area (Å²) < 4.78 is 12.1. The molecule has 3 aromatic heterocycles. The Hall–Kier alpha value is -3.00. The van der Waals surface area contributed by atoms with Crippen molar-refractivity contribution in [1.29, 1.82) is 0 Å². The molecule has 1 aliphatic rings. The lowest BCUT2D eigenvalue weighted by molar-refractivity contribution is 0.559. The summed E-state index contributed by atoms with van der Waals surface area (Å²) in [5.74, 6) is 7.65. The summed E-state index contributed by atoms with van der Waals surface area (Å²) >= 11 is 1.42. The zero-order valence-electron chi connectivity index (χ0n) is 14.3. The number of thioether (sulfide) groups is 1. The molecule has 0 atom stereocenters. The number of fused-ring (bicyclic) bond motifs is 2. The highest BCUT2D eigenvalue weighted by Gasteiger charge is 2.17. The van der Waals surface area contributed by atoms with E-state index >= 15 is 0 Å². The van der Waals surface area contributed by atoms with E-state index in [1.807, 2.05) is 6.07 Å².